The maximum atomic E-state index is 11.1. The summed E-state index contributed by atoms with van der Waals surface area (Å²) in [5.74, 6) is 0.267. The van der Waals surface area contributed by atoms with E-state index < -0.39 is 10.8 Å². The minimum absolute atomic E-state index is 0.176. The van der Waals surface area contributed by atoms with Gasteiger partial charge in [0.05, 0.1) is 22.1 Å². The zero-order valence-electron chi connectivity index (χ0n) is 5.49. The van der Waals surface area contributed by atoms with E-state index in [1.807, 2.05) is 0 Å². The molecule has 1 unspecified atom stereocenters. The highest BCUT2D eigenvalue weighted by Crippen LogP contribution is 2.25. The zero-order chi connectivity index (χ0) is 7.84. The maximum Gasteiger partial charge on any atom is 0.257 e. The number of nitrogens with one attached hydrogen (secondary N) is 1. The molecular weight excluding hydrogens is 166 g/mol. The van der Waals surface area contributed by atoms with E-state index in [0.29, 0.717) is 10.7 Å². The van der Waals surface area contributed by atoms with Gasteiger partial charge < -0.3 is 4.84 Å². The van der Waals surface area contributed by atoms with Gasteiger partial charge in [-0.2, -0.15) is 5.48 Å². The molecule has 0 aromatic heterocycles. The highest BCUT2D eigenvalue weighted by Gasteiger charge is 2.25. The van der Waals surface area contributed by atoms with Crippen LogP contribution < -0.4 is 5.48 Å². The summed E-state index contributed by atoms with van der Waals surface area (Å²) in [5.41, 5.74) is 2.19. The number of carbonyl (C=O) groups excluding carboxylic acids is 1. The number of carbonyl (C=O) groups is 1. The third-order valence-electron chi connectivity index (χ3n) is 1.46. The first-order valence-corrected chi connectivity index (χ1v) is 4.26. The van der Waals surface area contributed by atoms with Crippen molar-refractivity contribution in [2.45, 2.75) is 6.42 Å². The number of rotatable bonds is 0. The van der Waals surface area contributed by atoms with Gasteiger partial charge in [-0.25, -0.2) is 4.21 Å². The Labute approximate surface area is 65.3 Å². The molecule has 0 saturated heterocycles. The Hall–Kier alpha value is -1.10. The van der Waals surface area contributed by atoms with Gasteiger partial charge in [0.15, 0.2) is 5.76 Å². The number of amides is 1. The van der Waals surface area contributed by atoms with E-state index in [4.69, 9.17) is 4.84 Å². The number of hydroxylamine groups is 1. The molecule has 0 bridgehead atoms. The molecule has 0 fully saturated rings. The highest BCUT2D eigenvalue weighted by molar-refractivity contribution is 7.92. The molecule has 5 heteroatoms. The van der Waals surface area contributed by atoms with Crippen LogP contribution in [-0.4, -0.2) is 10.1 Å². The van der Waals surface area contributed by atoms with Crippen molar-refractivity contribution in [2.75, 3.05) is 0 Å². The normalized spacial score (nSPS) is 28.0. The molecule has 0 radical (unpaired) electrons. The standard InChI is InChI=1S/C6H5NO3S/c8-6-3-5-4(10-7-6)1-2-11(5)9/h1-2H,3H2,(H,7,8). The van der Waals surface area contributed by atoms with Crippen molar-refractivity contribution in [3.8, 4) is 0 Å². The highest BCUT2D eigenvalue weighted by atomic mass is 32.2. The van der Waals surface area contributed by atoms with Gasteiger partial charge in [-0.1, -0.05) is 0 Å². The van der Waals surface area contributed by atoms with E-state index in [1.54, 1.807) is 6.08 Å². The van der Waals surface area contributed by atoms with E-state index in [2.05, 4.69) is 5.48 Å². The molecule has 1 atom stereocenters. The van der Waals surface area contributed by atoms with Crippen LogP contribution in [0.3, 0.4) is 0 Å². The molecular formula is C6H5NO3S. The Balaban J connectivity index is 2.36. The Morgan fingerprint density at radius 1 is 1.64 bits per heavy atom. The lowest BCUT2D eigenvalue weighted by molar-refractivity contribution is -0.131. The lowest BCUT2D eigenvalue weighted by Gasteiger charge is -2.13. The lowest BCUT2D eigenvalue weighted by Crippen LogP contribution is -2.28. The van der Waals surface area contributed by atoms with Crippen LogP contribution in [0.2, 0.25) is 0 Å². The first-order valence-electron chi connectivity index (χ1n) is 3.05. The molecule has 2 rings (SSSR count). The smallest absolute Gasteiger partial charge is 0.257 e. The lowest BCUT2D eigenvalue weighted by atomic mass is 10.3. The van der Waals surface area contributed by atoms with Crippen LogP contribution in [0, 0.1) is 0 Å². The van der Waals surface area contributed by atoms with Crippen molar-refractivity contribution >= 4 is 16.7 Å². The molecule has 58 valence electrons. The Morgan fingerprint density at radius 2 is 2.45 bits per heavy atom. The SMILES string of the molecule is O=C1CC2=C(C=CS2=O)ON1. The van der Waals surface area contributed by atoms with Crippen LogP contribution >= 0.6 is 0 Å². The van der Waals surface area contributed by atoms with Gasteiger partial charge in [0.25, 0.3) is 5.91 Å². The van der Waals surface area contributed by atoms with Crippen molar-refractivity contribution in [3.63, 3.8) is 0 Å². The van der Waals surface area contributed by atoms with Crippen LogP contribution in [0.15, 0.2) is 22.1 Å². The van der Waals surface area contributed by atoms with Crippen LogP contribution in [0.5, 0.6) is 0 Å². The fraction of sp³-hybridized carbons (Fsp3) is 0.167. The summed E-state index contributed by atoms with van der Waals surface area (Å²) in [6.07, 6.45) is 1.78. The van der Waals surface area contributed by atoms with Crippen molar-refractivity contribution in [1.29, 1.82) is 0 Å². The molecule has 1 N–H and O–H groups in total. The number of hydrogen-bond donors (Lipinski definition) is 1. The van der Waals surface area contributed by atoms with Gasteiger partial charge in [-0.3, -0.25) is 4.79 Å². The fourth-order valence-corrected chi connectivity index (χ4v) is 1.93. The number of hydrogen-bond acceptors (Lipinski definition) is 3. The molecule has 2 aliphatic heterocycles. The maximum absolute atomic E-state index is 11.1. The van der Waals surface area contributed by atoms with Crippen LogP contribution in [-0.2, 0) is 20.4 Å². The first kappa shape index (κ1) is 6.60. The number of allylic oxidation sites excluding steroid dienone is 1. The monoisotopic (exact) mass is 171 g/mol. The molecule has 0 aromatic rings. The molecule has 2 aliphatic rings. The third kappa shape index (κ3) is 0.970. The Kier molecular flexibility index (Phi) is 1.32. The first-order chi connectivity index (χ1) is 5.27. The second kappa shape index (κ2) is 2.20. The summed E-state index contributed by atoms with van der Waals surface area (Å²) in [5, 5.41) is 1.50. The van der Waals surface area contributed by atoms with Gasteiger partial charge in [0.1, 0.15) is 0 Å². The molecule has 1 amide bonds. The predicted molar refractivity (Wildman–Crippen MR) is 38.2 cm³/mol. The van der Waals surface area contributed by atoms with E-state index in [9.17, 15) is 9.00 Å². The molecule has 0 aromatic carbocycles. The Morgan fingerprint density at radius 3 is 3.27 bits per heavy atom. The molecule has 2 heterocycles. The van der Waals surface area contributed by atoms with Gasteiger partial charge in [0, 0.05) is 5.41 Å². The molecule has 0 spiro atoms. The van der Waals surface area contributed by atoms with Gasteiger partial charge in [-0.05, 0) is 6.08 Å². The van der Waals surface area contributed by atoms with Crippen molar-refractivity contribution in [3.05, 3.63) is 22.1 Å². The minimum Gasteiger partial charge on any atom is -0.379 e. The molecule has 11 heavy (non-hydrogen) atoms. The second-order valence-corrected chi connectivity index (χ2v) is 3.55. The van der Waals surface area contributed by atoms with Crippen molar-refractivity contribution in [1.82, 2.24) is 5.48 Å². The fourth-order valence-electron chi connectivity index (χ4n) is 0.941. The van der Waals surface area contributed by atoms with E-state index in [1.165, 1.54) is 5.41 Å². The molecule has 0 saturated carbocycles. The Bertz CT molecular complexity index is 305. The van der Waals surface area contributed by atoms with E-state index in [0.717, 1.165) is 0 Å². The van der Waals surface area contributed by atoms with Crippen LogP contribution in [0.25, 0.3) is 0 Å². The summed E-state index contributed by atoms with van der Waals surface area (Å²) in [6.45, 7) is 0. The molecule has 4 nitrogen and oxygen atoms in total. The quantitative estimate of drug-likeness (QED) is 0.555. The van der Waals surface area contributed by atoms with E-state index >= 15 is 0 Å². The summed E-state index contributed by atoms with van der Waals surface area (Å²) >= 11 is 0. The molecule has 0 aliphatic carbocycles. The summed E-state index contributed by atoms with van der Waals surface area (Å²) in [7, 11) is -1.15. The average molecular weight is 171 g/mol. The van der Waals surface area contributed by atoms with Gasteiger partial charge >= 0.3 is 0 Å². The zero-order valence-corrected chi connectivity index (χ0v) is 6.31. The predicted octanol–water partition coefficient (Wildman–Crippen LogP) is -0.0745. The summed E-state index contributed by atoms with van der Waals surface area (Å²) < 4.78 is 11.1. The van der Waals surface area contributed by atoms with Crippen LogP contribution in [0.1, 0.15) is 6.42 Å². The second-order valence-electron chi connectivity index (χ2n) is 2.19. The third-order valence-corrected chi connectivity index (χ3v) is 2.67. The van der Waals surface area contributed by atoms with Gasteiger partial charge in [0.2, 0.25) is 0 Å². The van der Waals surface area contributed by atoms with Crippen LogP contribution in [0.4, 0.5) is 0 Å². The van der Waals surface area contributed by atoms with E-state index in [-0.39, 0.29) is 12.3 Å². The van der Waals surface area contributed by atoms with Gasteiger partial charge in [-0.15, -0.1) is 0 Å². The largest absolute Gasteiger partial charge is 0.379 e. The average Bonchev–Trinajstić information content (AvgIpc) is 2.33. The summed E-state index contributed by atoms with van der Waals surface area (Å²) in [4.78, 5) is 16.1. The minimum atomic E-state index is -1.15. The van der Waals surface area contributed by atoms with Crippen molar-refractivity contribution < 1.29 is 13.8 Å². The topological polar surface area (TPSA) is 55.4 Å². The van der Waals surface area contributed by atoms with Crippen molar-refractivity contribution in [2.24, 2.45) is 0 Å². The summed E-state index contributed by atoms with van der Waals surface area (Å²) in [6, 6.07) is 0.